The number of likely N-dealkylation sites (N-methyl/N-ethyl adjacent to an activating group) is 1. The number of carbonyl (C=O) groups is 1. The summed E-state index contributed by atoms with van der Waals surface area (Å²) in [6, 6.07) is 0.446. The average molecular weight is 281 g/mol. The molecule has 0 aromatic rings. The molecule has 116 valence electrons. The van der Waals surface area contributed by atoms with Crippen LogP contribution in [0.4, 0.5) is 0 Å². The molecule has 1 aliphatic heterocycles. The number of nitrogens with zero attached hydrogens (tertiary/aromatic N) is 1. The highest BCUT2D eigenvalue weighted by Gasteiger charge is 2.57. The van der Waals surface area contributed by atoms with Crippen molar-refractivity contribution in [3.63, 3.8) is 0 Å². The van der Waals surface area contributed by atoms with Crippen LogP contribution < -0.4 is 10.6 Å². The second-order valence-electron chi connectivity index (χ2n) is 7.36. The van der Waals surface area contributed by atoms with Gasteiger partial charge in [-0.3, -0.25) is 4.79 Å². The lowest BCUT2D eigenvalue weighted by Gasteiger charge is -2.27. The van der Waals surface area contributed by atoms with Crippen molar-refractivity contribution >= 4 is 5.91 Å². The molecular formula is C16H31N3O. The van der Waals surface area contributed by atoms with Crippen LogP contribution in [0, 0.1) is 17.3 Å². The van der Waals surface area contributed by atoms with Crippen LogP contribution in [0.2, 0.25) is 0 Å². The number of nitrogens with one attached hydrogen (secondary N) is 2. The summed E-state index contributed by atoms with van der Waals surface area (Å²) < 4.78 is 0. The highest BCUT2D eigenvalue weighted by molar-refractivity contribution is 5.82. The average Bonchev–Trinajstić information content (AvgIpc) is 3.08. The lowest BCUT2D eigenvalue weighted by atomic mass is 9.91. The largest absolute Gasteiger partial charge is 0.354 e. The molecule has 4 nitrogen and oxygen atoms in total. The van der Waals surface area contributed by atoms with Gasteiger partial charge < -0.3 is 15.5 Å². The third-order valence-electron chi connectivity index (χ3n) is 5.09. The molecule has 2 atom stereocenters. The van der Waals surface area contributed by atoms with Gasteiger partial charge in [0.2, 0.25) is 5.91 Å². The molecule has 0 aromatic heterocycles. The lowest BCUT2D eigenvalue weighted by Crippen LogP contribution is -2.42. The molecule has 1 aliphatic carbocycles. The minimum absolute atomic E-state index is 0.284. The zero-order valence-electron chi connectivity index (χ0n) is 13.5. The lowest BCUT2D eigenvalue weighted by molar-refractivity contribution is -0.123. The Morgan fingerprint density at radius 1 is 1.35 bits per heavy atom. The Labute approximate surface area is 123 Å². The smallest absolute Gasteiger partial charge is 0.223 e. The first kappa shape index (κ1) is 15.8. The van der Waals surface area contributed by atoms with Crippen LogP contribution >= 0.6 is 0 Å². The zero-order valence-corrected chi connectivity index (χ0v) is 13.5. The predicted molar refractivity (Wildman–Crippen MR) is 82.6 cm³/mol. The van der Waals surface area contributed by atoms with Crippen molar-refractivity contribution in [3.05, 3.63) is 0 Å². The maximum atomic E-state index is 12.3. The zero-order chi connectivity index (χ0) is 14.8. The Morgan fingerprint density at radius 3 is 2.55 bits per heavy atom. The van der Waals surface area contributed by atoms with E-state index in [1.54, 1.807) is 0 Å². The van der Waals surface area contributed by atoms with E-state index < -0.39 is 0 Å². The van der Waals surface area contributed by atoms with E-state index in [-0.39, 0.29) is 5.92 Å². The van der Waals surface area contributed by atoms with Crippen LogP contribution in [0.5, 0.6) is 0 Å². The van der Waals surface area contributed by atoms with Crippen molar-refractivity contribution in [1.82, 2.24) is 15.5 Å². The summed E-state index contributed by atoms with van der Waals surface area (Å²) in [4.78, 5) is 14.6. The minimum atomic E-state index is 0.284. The molecule has 2 N–H and O–H groups in total. The van der Waals surface area contributed by atoms with Gasteiger partial charge in [0.05, 0.1) is 0 Å². The van der Waals surface area contributed by atoms with E-state index in [1.807, 2.05) is 0 Å². The highest BCUT2D eigenvalue weighted by atomic mass is 16.2. The summed E-state index contributed by atoms with van der Waals surface area (Å²) in [6.45, 7) is 7.43. The first-order valence-corrected chi connectivity index (χ1v) is 8.09. The molecule has 0 bridgehead atoms. The molecule has 1 amide bonds. The van der Waals surface area contributed by atoms with Gasteiger partial charge >= 0.3 is 0 Å². The van der Waals surface area contributed by atoms with Crippen LogP contribution in [0.15, 0.2) is 0 Å². The van der Waals surface area contributed by atoms with Crippen molar-refractivity contribution in [2.24, 2.45) is 17.3 Å². The van der Waals surface area contributed by atoms with E-state index in [9.17, 15) is 4.79 Å². The summed E-state index contributed by atoms with van der Waals surface area (Å²) in [5.41, 5.74) is 0.348. The molecule has 1 saturated carbocycles. The van der Waals surface area contributed by atoms with E-state index in [2.05, 4.69) is 43.5 Å². The van der Waals surface area contributed by atoms with Gasteiger partial charge in [-0.25, -0.2) is 0 Å². The van der Waals surface area contributed by atoms with Gasteiger partial charge in [-0.2, -0.15) is 0 Å². The Hall–Kier alpha value is -0.610. The molecule has 2 rings (SSSR count). The maximum Gasteiger partial charge on any atom is 0.223 e. The van der Waals surface area contributed by atoms with Crippen molar-refractivity contribution in [2.75, 3.05) is 33.7 Å². The van der Waals surface area contributed by atoms with E-state index in [4.69, 9.17) is 0 Å². The van der Waals surface area contributed by atoms with Crippen LogP contribution in [0.25, 0.3) is 0 Å². The van der Waals surface area contributed by atoms with Gasteiger partial charge in [0.25, 0.3) is 0 Å². The molecule has 0 radical (unpaired) electrons. The van der Waals surface area contributed by atoms with Crippen molar-refractivity contribution in [3.8, 4) is 0 Å². The highest BCUT2D eigenvalue weighted by Crippen LogP contribution is 2.58. The van der Waals surface area contributed by atoms with E-state index in [0.717, 1.165) is 32.5 Å². The topological polar surface area (TPSA) is 44.4 Å². The predicted octanol–water partition coefficient (Wildman–Crippen LogP) is 1.47. The normalized spacial score (nSPS) is 26.0. The monoisotopic (exact) mass is 281 g/mol. The molecule has 1 heterocycles. The van der Waals surface area contributed by atoms with E-state index in [1.165, 1.54) is 12.8 Å². The fourth-order valence-electron chi connectivity index (χ4n) is 3.56. The Kier molecular flexibility index (Phi) is 5.08. The Balaban J connectivity index is 1.77. The number of carbonyl (C=O) groups excluding carboxylic acids is 1. The first-order valence-electron chi connectivity index (χ1n) is 8.09. The van der Waals surface area contributed by atoms with E-state index >= 15 is 0 Å². The van der Waals surface area contributed by atoms with Crippen LogP contribution in [-0.4, -0.2) is 50.6 Å². The van der Waals surface area contributed by atoms with Gasteiger partial charge in [-0.05, 0) is 64.2 Å². The summed E-state index contributed by atoms with van der Waals surface area (Å²) in [6.07, 6.45) is 4.59. The fraction of sp³-hybridized carbons (Fsp3) is 0.938. The molecule has 4 heteroatoms. The summed E-state index contributed by atoms with van der Waals surface area (Å²) in [7, 11) is 4.20. The third kappa shape index (κ3) is 3.73. The molecule has 2 unspecified atom stereocenters. The summed E-state index contributed by atoms with van der Waals surface area (Å²) in [5.74, 6) is 1.24. The van der Waals surface area contributed by atoms with Gasteiger partial charge in [0.1, 0.15) is 0 Å². The summed E-state index contributed by atoms with van der Waals surface area (Å²) >= 11 is 0. The molecular weight excluding hydrogens is 250 g/mol. The maximum absolute atomic E-state index is 12.3. The standard InChI is InChI=1S/C16H31N3O/c1-12(2)9-13(19(3)4)11-18-15(20)14-10-16(14)5-7-17-8-6-16/h12-14,17H,5-11H2,1-4H3,(H,18,20). The molecule has 1 saturated heterocycles. The number of hydrogen-bond donors (Lipinski definition) is 2. The van der Waals surface area contributed by atoms with Gasteiger partial charge in [0.15, 0.2) is 0 Å². The van der Waals surface area contributed by atoms with Crippen molar-refractivity contribution in [2.45, 2.75) is 45.6 Å². The SMILES string of the molecule is CC(C)CC(CNC(=O)C1CC12CCNCC2)N(C)C. The number of hydrogen-bond acceptors (Lipinski definition) is 3. The molecule has 0 aromatic carbocycles. The Bertz CT molecular complexity index is 335. The molecule has 20 heavy (non-hydrogen) atoms. The molecule has 1 spiro atoms. The summed E-state index contributed by atoms with van der Waals surface area (Å²) in [5, 5.41) is 6.59. The number of amides is 1. The second kappa shape index (κ2) is 6.44. The first-order chi connectivity index (χ1) is 9.44. The van der Waals surface area contributed by atoms with Crippen LogP contribution in [0.1, 0.15) is 39.5 Å². The second-order valence-corrected chi connectivity index (χ2v) is 7.36. The minimum Gasteiger partial charge on any atom is -0.354 e. The number of piperidine rings is 1. The Morgan fingerprint density at radius 2 is 2.00 bits per heavy atom. The van der Waals surface area contributed by atoms with Crippen LogP contribution in [0.3, 0.4) is 0 Å². The third-order valence-corrected chi connectivity index (χ3v) is 5.09. The van der Waals surface area contributed by atoms with E-state index in [0.29, 0.717) is 23.3 Å². The number of rotatable bonds is 6. The molecule has 2 aliphatic rings. The van der Waals surface area contributed by atoms with Crippen molar-refractivity contribution < 1.29 is 4.79 Å². The van der Waals surface area contributed by atoms with Gasteiger partial charge in [-0.1, -0.05) is 13.8 Å². The van der Waals surface area contributed by atoms with Crippen LogP contribution in [-0.2, 0) is 4.79 Å². The quantitative estimate of drug-likeness (QED) is 0.775. The van der Waals surface area contributed by atoms with Gasteiger partial charge in [0, 0.05) is 18.5 Å². The van der Waals surface area contributed by atoms with Gasteiger partial charge in [-0.15, -0.1) is 0 Å². The van der Waals surface area contributed by atoms with Crippen molar-refractivity contribution in [1.29, 1.82) is 0 Å². The fourth-order valence-corrected chi connectivity index (χ4v) is 3.56. The molecule has 2 fully saturated rings.